The zero-order valence-corrected chi connectivity index (χ0v) is 8.16. The van der Waals surface area contributed by atoms with E-state index in [2.05, 4.69) is 15.9 Å². The molecule has 5 heteroatoms. The van der Waals surface area contributed by atoms with Gasteiger partial charge in [0.15, 0.2) is 0 Å². The summed E-state index contributed by atoms with van der Waals surface area (Å²) in [6.07, 6.45) is -0.211. The van der Waals surface area contributed by atoms with Crippen LogP contribution in [-0.4, -0.2) is 5.84 Å². The van der Waals surface area contributed by atoms with Crippen LogP contribution in [0, 0.1) is 17.0 Å². The summed E-state index contributed by atoms with van der Waals surface area (Å²) in [5.41, 5.74) is 4.87. The molecule has 1 aromatic rings. The Morgan fingerprint density at radius 2 is 2.08 bits per heavy atom. The first-order chi connectivity index (χ1) is 6.02. The summed E-state index contributed by atoms with van der Waals surface area (Å²) in [4.78, 5) is 0. The van der Waals surface area contributed by atoms with Gasteiger partial charge in [-0.1, -0.05) is 0 Å². The molecule has 0 atom stereocenters. The average molecular weight is 249 g/mol. The van der Waals surface area contributed by atoms with Crippen LogP contribution in [0.3, 0.4) is 0 Å². The first-order valence-corrected chi connectivity index (χ1v) is 4.27. The van der Waals surface area contributed by atoms with Crippen molar-refractivity contribution in [3.8, 4) is 0 Å². The van der Waals surface area contributed by atoms with Crippen LogP contribution in [-0.2, 0) is 6.42 Å². The van der Waals surface area contributed by atoms with E-state index in [0.29, 0.717) is 0 Å². The third kappa shape index (κ3) is 2.24. The smallest absolute Gasteiger partial charge is 0.143 e. The van der Waals surface area contributed by atoms with Crippen molar-refractivity contribution in [3.05, 3.63) is 33.8 Å². The molecule has 0 saturated carbocycles. The highest BCUT2D eigenvalue weighted by Gasteiger charge is 2.12. The highest BCUT2D eigenvalue weighted by atomic mass is 79.9. The SMILES string of the molecule is N=C(N)Cc1c(F)ccc(Br)c1F. The molecule has 1 rings (SSSR count). The second-order valence-corrected chi connectivity index (χ2v) is 3.38. The number of nitrogens with two attached hydrogens (primary N) is 1. The summed E-state index contributed by atoms with van der Waals surface area (Å²) < 4.78 is 26.3. The van der Waals surface area contributed by atoms with Gasteiger partial charge in [0.2, 0.25) is 0 Å². The van der Waals surface area contributed by atoms with Crippen molar-refractivity contribution in [2.75, 3.05) is 0 Å². The lowest BCUT2D eigenvalue weighted by Gasteiger charge is -2.04. The van der Waals surface area contributed by atoms with Gasteiger partial charge in [-0.15, -0.1) is 0 Å². The van der Waals surface area contributed by atoms with Crippen molar-refractivity contribution in [1.82, 2.24) is 0 Å². The molecule has 0 heterocycles. The molecule has 70 valence electrons. The van der Waals surface area contributed by atoms with Gasteiger partial charge in [0.25, 0.3) is 0 Å². The van der Waals surface area contributed by atoms with E-state index in [1.54, 1.807) is 0 Å². The summed E-state index contributed by atoms with van der Waals surface area (Å²) in [6, 6.07) is 2.40. The van der Waals surface area contributed by atoms with E-state index < -0.39 is 11.6 Å². The quantitative estimate of drug-likeness (QED) is 0.471. The number of hydrogen-bond donors (Lipinski definition) is 2. The molecule has 0 amide bonds. The molecular formula is C8H7BrF2N2. The fourth-order valence-corrected chi connectivity index (χ4v) is 1.29. The molecule has 2 nitrogen and oxygen atoms in total. The number of amidine groups is 1. The Bertz CT molecular complexity index is 352. The van der Waals surface area contributed by atoms with Crippen LogP contribution in [0.25, 0.3) is 0 Å². The average Bonchev–Trinajstić information content (AvgIpc) is 2.05. The van der Waals surface area contributed by atoms with Crippen LogP contribution in [0.15, 0.2) is 16.6 Å². The fourth-order valence-electron chi connectivity index (χ4n) is 0.922. The van der Waals surface area contributed by atoms with Gasteiger partial charge in [0.1, 0.15) is 11.6 Å². The van der Waals surface area contributed by atoms with Crippen LogP contribution in [0.4, 0.5) is 8.78 Å². The zero-order valence-electron chi connectivity index (χ0n) is 6.57. The van der Waals surface area contributed by atoms with Gasteiger partial charge in [-0.2, -0.15) is 0 Å². The summed E-state index contributed by atoms with van der Waals surface area (Å²) in [5, 5.41) is 6.92. The Labute approximate surface area is 82.4 Å². The second-order valence-electron chi connectivity index (χ2n) is 2.52. The molecule has 0 aliphatic rings. The standard InChI is InChI=1S/C8H7BrF2N2/c9-5-1-2-6(10)4(8(5)11)3-7(12)13/h1-2H,3H2,(H3,12,13). The molecule has 0 aliphatic heterocycles. The Hall–Kier alpha value is -0.970. The maximum Gasteiger partial charge on any atom is 0.143 e. The van der Waals surface area contributed by atoms with Gasteiger partial charge in [-0.05, 0) is 28.1 Å². The van der Waals surface area contributed by atoms with Gasteiger partial charge in [-0.3, -0.25) is 5.41 Å². The minimum Gasteiger partial charge on any atom is -0.387 e. The third-order valence-corrected chi connectivity index (χ3v) is 2.12. The van der Waals surface area contributed by atoms with Crippen LogP contribution >= 0.6 is 15.9 Å². The molecule has 0 radical (unpaired) electrons. The summed E-state index contributed by atoms with van der Waals surface area (Å²) in [6.45, 7) is 0. The van der Waals surface area contributed by atoms with Crippen LogP contribution in [0.2, 0.25) is 0 Å². The molecule has 3 N–H and O–H groups in total. The van der Waals surface area contributed by atoms with Crippen molar-refractivity contribution < 1.29 is 8.78 Å². The maximum atomic E-state index is 13.2. The van der Waals surface area contributed by atoms with Crippen molar-refractivity contribution in [2.24, 2.45) is 5.73 Å². The van der Waals surface area contributed by atoms with Crippen molar-refractivity contribution in [1.29, 1.82) is 5.41 Å². The van der Waals surface area contributed by atoms with E-state index in [0.717, 1.165) is 6.07 Å². The van der Waals surface area contributed by atoms with E-state index in [1.807, 2.05) is 0 Å². The molecule has 0 aromatic heterocycles. The van der Waals surface area contributed by atoms with Gasteiger partial charge in [0.05, 0.1) is 10.3 Å². The topological polar surface area (TPSA) is 49.9 Å². The van der Waals surface area contributed by atoms with E-state index in [9.17, 15) is 8.78 Å². The number of nitrogens with one attached hydrogen (secondary N) is 1. The van der Waals surface area contributed by atoms with Crippen LogP contribution < -0.4 is 5.73 Å². The summed E-state index contributed by atoms with van der Waals surface area (Å²) in [7, 11) is 0. The van der Waals surface area contributed by atoms with Crippen molar-refractivity contribution in [3.63, 3.8) is 0 Å². The van der Waals surface area contributed by atoms with Crippen molar-refractivity contribution >= 4 is 21.8 Å². The molecule has 0 aliphatic carbocycles. The van der Waals surface area contributed by atoms with Crippen molar-refractivity contribution in [2.45, 2.75) is 6.42 Å². The van der Waals surface area contributed by atoms with E-state index in [-0.39, 0.29) is 22.3 Å². The lowest BCUT2D eigenvalue weighted by Crippen LogP contribution is -2.15. The summed E-state index contributed by atoms with van der Waals surface area (Å²) >= 11 is 2.92. The molecule has 0 bridgehead atoms. The number of rotatable bonds is 2. The van der Waals surface area contributed by atoms with E-state index >= 15 is 0 Å². The minimum atomic E-state index is -0.699. The number of benzene rings is 1. The molecule has 0 unspecified atom stereocenters. The zero-order chi connectivity index (χ0) is 10.0. The molecule has 13 heavy (non-hydrogen) atoms. The molecule has 0 spiro atoms. The van der Waals surface area contributed by atoms with Gasteiger partial charge >= 0.3 is 0 Å². The monoisotopic (exact) mass is 248 g/mol. The van der Waals surface area contributed by atoms with Gasteiger partial charge in [0, 0.05) is 12.0 Å². The Morgan fingerprint density at radius 3 is 2.62 bits per heavy atom. The lowest BCUT2D eigenvalue weighted by atomic mass is 10.1. The van der Waals surface area contributed by atoms with E-state index in [4.69, 9.17) is 11.1 Å². The maximum absolute atomic E-state index is 13.2. The molecule has 0 fully saturated rings. The normalized spacial score (nSPS) is 10.1. The highest BCUT2D eigenvalue weighted by molar-refractivity contribution is 9.10. The Balaban J connectivity index is 3.17. The lowest BCUT2D eigenvalue weighted by molar-refractivity contribution is 0.559. The van der Waals surface area contributed by atoms with Gasteiger partial charge in [-0.25, -0.2) is 8.78 Å². The minimum absolute atomic E-state index is 0.171. The fraction of sp³-hybridized carbons (Fsp3) is 0.125. The van der Waals surface area contributed by atoms with Crippen LogP contribution in [0.5, 0.6) is 0 Å². The van der Waals surface area contributed by atoms with Crippen LogP contribution in [0.1, 0.15) is 5.56 Å². The molecule has 0 saturated heterocycles. The Morgan fingerprint density at radius 1 is 1.46 bits per heavy atom. The Kier molecular flexibility index (Phi) is 2.98. The number of halogens is 3. The second kappa shape index (κ2) is 3.83. The van der Waals surface area contributed by atoms with E-state index in [1.165, 1.54) is 6.07 Å². The summed E-state index contributed by atoms with van der Waals surface area (Å²) in [5.74, 6) is -1.65. The first-order valence-electron chi connectivity index (χ1n) is 3.47. The predicted octanol–water partition coefficient (Wildman–Crippen LogP) is 2.21. The van der Waals surface area contributed by atoms with Gasteiger partial charge < -0.3 is 5.73 Å². The predicted molar refractivity (Wildman–Crippen MR) is 49.7 cm³/mol. The first kappa shape index (κ1) is 10.1. The third-order valence-electron chi connectivity index (χ3n) is 1.51. The molecular weight excluding hydrogens is 242 g/mol. The molecule has 1 aromatic carbocycles. The highest BCUT2D eigenvalue weighted by Crippen LogP contribution is 2.21. The number of hydrogen-bond acceptors (Lipinski definition) is 1. The largest absolute Gasteiger partial charge is 0.387 e.